The first kappa shape index (κ1) is 22.1. The van der Waals surface area contributed by atoms with Crippen molar-refractivity contribution in [2.75, 3.05) is 13.2 Å². The van der Waals surface area contributed by atoms with E-state index in [0.717, 1.165) is 16.9 Å². The molecule has 3 rings (SSSR count). The highest BCUT2D eigenvalue weighted by molar-refractivity contribution is 5.93. The number of fused-ring (bicyclic) bond motifs is 1. The molecule has 7 nitrogen and oxygen atoms in total. The molecule has 0 spiro atoms. The smallest absolute Gasteiger partial charge is 0.351 e. The lowest BCUT2D eigenvalue weighted by atomic mass is 10.1. The molecule has 162 valence electrons. The first-order valence-corrected chi connectivity index (χ1v) is 10.0. The quantitative estimate of drug-likeness (QED) is 0.230. The Morgan fingerprint density at radius 2 is 1.84 bits per heavy atom. The predicted molar refractivity (Wildman–Crippen MR) is 115 cm³/mol. The lowest BCUT2D eigenvalue weighted by molar-refractivity contribution is -0.134. The molecule has 0 N–H and O–H groups in total. The van der Waals surface area contributed by atoms with Crippen LogP contribution in [0.3, 0.4) is 0 Å². The summed E-state index contributed by atoms with van der Waals surface area (Å²) in [7, 11) is 0. The first-order chi connectivity index (χ1) is 14.9. The zero-order chi connectivity index (χ0) is 22.4. The van der Waals surface area contributed by atoms with Gasteiger partial charge in [0.05, 0.1) is 13.2 Å². The number of aryl methyl sites for hydroxylation is 2. The van der Waals surface area contributed by atoms with Crippen LogP contribution in [0.25, 0.3) is 11.0 Å². The average molecular weight is 424 g/mol. The summed E-state index contributed by atoms with van der Waals surface area (Å²) in [5.74, 6) is -0.115. The van der Waals surface area contributed by atoms with Gasteiger partial charge in [0.25, 0.3) is 0 Å². The standard InChI is InChI=1S/C24H24O7/c1-4-28-23(26)19-13-17-8-9-18(14-21(17)31-24(19)27)30-22(25)6-5-11-29-20-10-7-15(2)12-16(20)3/h7-10,12-14H,4-6,11H2,1-3H3. The van der Waals surface area contributed by atoms with Crippen molar-refractivity contribution in [3.05, 3.63) is 69.6 Å². The van der Waals surface area contributed by atoms with Crippen LogP contribution in [0.15, 0.2) is 51.7 Å². The molecule has 31 heavy (non-hydrogen) atoms. The zero-order valence-corrected chi connectivity index (χ0v) is 17.7. The largest absolute Gasteiger partial charge is 0.493 e. The maximum absolute atomic E-state index is 12.1. The van der Waals surface area contributed by atoms with Gasteiger partial charge >= 0.3 is 17.6 Å². The third-order valence-electron chi connectivity index (χ3n) is 4.55. The van der Waals surface area contributed by atoms with Crippen LogP contribution in [0, 0.1) is 13.8 Å². The molecule has 1 aromatic heterocycles. The molecule has 0 fully saturated rings. The molecule has 0 unspecified atom stereocenters. The van der Waals surface area contributed by atoms with Crippen molar-refractivity contribution < 1.29 is 28.2 Å². The van der Waals surface area contributed by atoms with E-state index in [0.29, 0.717) is 18.4 Å². The number of rotatable bonds is 8. The zero-order valence-electron chi connectivity index (χ0n) is 17.7. The summed E-state index contributed by atoms with van der Waals surface area (Å²) >= 11 is 0. The van der Waals surface area contributed by atoms with Gasteiger partial charge in [-0.1, -0.05) is 17.7 Å². The number of ether oxygens (including phenoxy) is 3. The molecule has 0 radical (unpaired) electrons. The molecule has 3 aromatic rings. The van der Waals surface area contributed by atoms with Gasteiger partial charge < -0.3 is 18.6 Å². The van der Waals surface area contributed by atoms with E-state index in [2.05, 4.69) is 0 Å². The molecule has 0 atom stereocenters. The van der Waals surface area contributed by atoms with Crippen molar-refractivity contribution >= 4 is 22.9 Å². The Kier molecular flexibility index (Phi) is 7.07. The highest BCUT2D eigenvalue weighted by Gasteiger charge is 2.15. The van der Waals surface area contributed by atoms with Crippen LogP contribution in [-0.4, -0.2) is 25.2 Å². The molecule has 0 aliphatic rings. The van der Waals surface area contributed by atoms with Crippen LogP contribution >= 0.6 is 0 Å². The highest BCUT2D eigenvalue weighted by atomic mass is 16.5. The van der Waals surface area contributed by atoms with Crippen LogP contribution < -0.4 is 15.1 Å². The van der Waals surface area contributed by atoms with Gasteiger partial charge in [0.1, 0.15) is 22.6 Å². The van der Waals surface area contributed by atoms with E-state index in [1.54, 1.807) is 19.1 Å². The minimum atomic E-state index is -0.807. The number of hydrogen-bond donors (Lipinski definition) is 0. The Bertz CT molecular complexity index is 1160. The second-order valence-electron chi connectivity index (χ2n) is 7.06. The Labute approximate surface area is 179 Å². The first-order valence-electron chi connectivity index (χ1n) is 10.0. The van der Waals surface area contributed by atoms with Crippen molar-refractivity contribution in [2.24, 2.45) is 0 Å². The molecule has 0 saturated heterocycles. The maximum Gasteiger partial charge on any atom is 0.351 e. The summed E-state index contributed by atoms with van der Waals surface area (Å²) < 4.78 is 21.1. The molecule has 0 aliphatic carbocycles. The molecular weight excluding hydrogens is 400 g/mol. The van der Waals surface area contributed by atoms with E-state index in [1.807, 2.05) is 32.0 Å². The van der Waals surface area contributed by atoms with E-state index in [-0.39, 0.29) is 29.9 Å². The lowest BCUT2D eigenvalue weighted by Crippen LogP contribution is -2.16. The predicted octanol–water partition coefficient (Wildman–Crippen LogP) is 4.35. The Balaban J connectivity index is 1.57. The average Bonchev–Trinajstić information content (AvgIpc) is 2.72. The fourth-order valence-corrected chi connectivity index (χ4v) is 3.05. The molecule has 1 heterocycles. The van der Waals surface area contributed by atoms with Gasteiger partial charge in [-0.2, -0.15) is 0 Å². The third-order valence-corrected chi connectivity index (χ3v) is 4.55. The van der Waals surface area contributed by atoms with Crippen molar-refractivity contribution in [1.29, 1.82) is 0 Å². The third kappa shape index (κ3) is 5.72. The summed E-state index contributed by atoms with van der Waals surface area (Å²) in [6, 6.07) is 11.9. The van der Waals surface area contributed by atoms with Crippen LogP contribution in [0.1, 0.15) is 41.3 Å². The number of carbonyl (C=O) groups excluding carboxylic acids is 2. The molecular formula is C24H24O7. The molecule has 0 aliphatic heterocycles. The van der Waals surface area contributed by atoms with Gasteiger partial charge in [0, 0.05) is 17.9 Å². The lowest BCUT2D eigenvalue weighted by Gasteiger charge is -2.10. The number of esters is 2. The SMILES string of the molecule is CCOC(=O)c1cc2ccc(OC(=O)CCCOc3ccc(C)cc3C)cc2oc1=O. The molecule has 0 saturated carbocycles. The van der Waals surface area contributed by atoms with Crippen molar-refractivity contribution in [3.8, 4) is 11.5 Å². The van der Waals surface area contributed by atoms with Gasteiger partial charge in [-0.25, -0.2) is 9.59 Å². The normalized spacial score (nSPS) is 10.7. The van der Waals surface area contributed by atoms with Gasteiger partial charge in [-0.15, -0.1) is 0 Å². The van der Waals surface area contributed by atoms with E-state index in [1.165, 1.54) is 12.1 Å². The minimum Gasteiger partial charge on any atom is -0.493 e. The van der Waals surface area contributed by atoms with Crippen LogP contribution in [-0.2, 0) is 9.53 Å². The second kappa shape index (κ2) is 9.93. The van der Waals surface area contributed by atoms with E-state index in [4.69, 9.17) is 18.6 Å². The van der Waals surface area contributed by atoms with Gasteiger partial charge in [-0.3, -0.25) is 4.79 Å². The summed E-state index contributed by atoms with van der Waals surface area (Å²) in [5, 5.41) is 0.518. The fourth-order valence-electron chi connectivity index (χ4n) is 3.05. The monoisotopic (exact) mass is 424 g/mol. The van der Waals surface area contributed by atoms with E-state index >= 15 is 0 Å². The summed E-state index contributed by atoms with van der Waals surface area (Å²) in [6.07, 6.45) is 0.673. The molecule has 0 bridgehead atoms. The maximum atomic E-state index is 12.1. The molecule has 2 aromatic carbocycles. The second-order valence-corrected chi connectivity index (χ2v) is 7.06. The summed E-state index contributed by atoms with van der Waals surface area (Å²) in [5.41, 5.74) is 1.44. The number of carbonyl (C=O) groups is 2. The van der Waals surface area contributed by atoms with Crippen LogP contribution in [0.4, 0.5) is 0 Å². The van der Waals surface area contributed by atoms with E-state index in [9.17, 15) is 14.4 Å². The molecule has 7 heteroatoms. The van der Waals surface area contributed by atoms with Crippen LogP contribution in [0.5, 0.6) is 11.5 Å². The number of hydrogen-bond acceptors (Lipinski definition) is 7. The summed E-state index contributed by atoms with van der Waals surface area (Å²) in [6.45, 7) is 6.19. The highest BCUT2D eigenvalue weighted by Crippen LogP contribution is 2.22. The van der Waals surface area contributed by atoms with Gasteiger partial charge in [0.2, 0.25) is 0 Å². The van der Waals surface area contributed by atoms with Crippen molar-refractivity contribution in [3.63, 3.8) is 0 Å². The topological polar surface area (TPSA) is 92.0 Å². The molecule has 0 amide bonds. The van der Waals surface area contributed by atoms with Crippen LogP contribution in [0.2, 0.25) is 0 Å². The summed E-state index contributed by atoms with van der Waals surface area (Å²) in [4.78, 5) is 36.0. The Morgan fingerprint density at radius 3 is 2.58 bits per heavy atom. The van der Waals surface area contributed by atoms with Crippen molar-refractivity contribution in [2.45, 2.75) is 33.6 Å². The van der Waals surface area contributed by atoms with E-state index < -0.39 is 17.6 Å². The Morgan fingerprint density at radius 1 is 1.03 bits per heavy atom. The fraction of sp³-hybridized carbons (Fsp3) is 0.292. The Hall–Kier alpha value is -3.61. The minimum absolute atomic E-state index is 0.154. The van der Waals surface area contributed by atoms with Gasteiger partial charge in [-0.05, 0) is 57.0 Å². The van der Waals surface area contributed by atoms with Gasteiger partial charge in [0.15, 0.2) is 0 Å². The van der Waals surface area contributed by atoms with Crippen molar-refractivity contribution in [1.82, 2.24) is 0 Å². The number of benzene rings is 2.